The molecule has 0 aliphatic carbocycles. The summed E-state index contributed by atoms with van der Waals surface area (Å²) in [5, 5.41) is 8.67. The van der Waals surface area contributed by atoms with E-state index in [9.17, 15) is 4.79 Å². The van der Waals surface area contributed by atoms with Gasteiger partial charge < -0.3 is 20.3 Å². The second-order valence-electron chi connectivity index (χ2n) is 6.83. The first-order valence-electron chi connectivity index (χ1n) is 9.91. The first-order chi connectivity index (χ1) is 13.3. The van der Waals surface area contributed by atoms with E-state index < -0.39 is 0 Å². The predicted octanol–water partition coefficient (Wildman–Crippen LogP) is 0.910. The Bertz CT molecular complexity index is 627. The number of carbonyl (C=O) groups excluding carboxylic acids is 1. The summed E-state index contributed by atoms with van der Waals surface area (Å²) in [6, 6.07) is 2.14. The molecule has 2 aliphatic rings. The van der Waals surface area contributed by atoms with Crippen LogP contribution in [0.15, 0.2) is 16.4 Å². The van der Waals surface area contributed by atoms with Crippen LogP contribution < -0.4 is 10.6 Å². The molecule has 0 atom stereocenters. The molecule has 1 fully saturated rings. The van der Waals surface area contributed by atoms with Crippen LogP contribution in [-0.2, 0) is 22.5 Å². The van der Waals surface area contributed by atoms with Crippen molar-refractivity contribution < 1.29 is 9.53 Å². The van der Waals surface area contributed by atoms with Crippen molar-refractivity contribution in [2.24, 2.45) is 4.99 Å². The molecule has 1 amide bonds. The van der Waals surface area contributed by atoms with Crippen LogP contribution in [0.2, 0.25) is 0 Å². The van der Waals surface area contributed by atoms with Crippen molar-refractivity contribution in [2.75, 3.05) is 59.0 Å². The van der Waals surface area contributed by atoms with E-state index in [4.69, 9.17) is 4.74 Å². The van der Waals surface area contributed by atoms with Crippen molar-refractivity contribution in [3.8, 4) is 0 Å². The smallest absolute Gasteiger partial charge is 0.224 e. The molecular formula is C19H31N5O2S. The maximum atomic E-state index is 12.5. The molecular weight excluding hydrogens is 362 g/mol. The summed E-state index contributed by atoms with van der Waals surface area (Å²) >= 11 is 1.80. The maximum absolute atomic E-state index is 12.5. The Labute approximate surface area is 165 Å². The zero-order chi connectivity index (χ0) is 18.9. The summed E-state index contributed by atoms with van der Waals surface area (Å²) in [6.45, 7) is 10.3. The molecule has 0 unspecified atom stereocenters. The molecule has 3 rings (SSSR count). The SMILES string of the molecule is CCNC(=NCCN1CCOCC1)NCCC(=O)N1CCc2sccc2C1. The van der Waals surface area contributed by atoms with Gasteiger partial charge in [-0.1, -0.05) is 0 Å². The first kappa shape index (κ1) is 20.1. The third-order valence-corrected chi connectivity index (χ3v) is 5.95. The summed E-state index contributed by atoms with van der Waals surface area (Å²) in [6.07, 6.45) is 1.48. The molecule has 2 aliphatic heterocycles. The summed E-state index contributed by atoms with van der Waals surface area (Å²) in [4.78, 5) is 22.9. The number of ether oxygens (including phenoxy) is 1. The molecule has 1 saturated heterocycles. The number of carbonyl (C=O) groups is 1. The van der Waals surface area contributed by atoms with E-state index in [1.165, 1.54) is 10.4 Å². The van der Waals surface area contributed by atoms with Crippen LogP contribution in [0.1, 0.15) is 23.8 Å². The van der Waals surface area contributed by atoms with Crippen molar-refractivity contribution >= 4 is 23.2 Å². The van der Waals surface area contributed by atoms with Gasteiger partial charge in [0.25, 0.3) is 0 Å². The second kappa shape index (κ2) is 10.6. The second-order valence-corrected chi connectivity index (χ2v) is 7.83. The van der Waals surface area contributed by atoms with Crippen LogP contribution in [-0.4, -0.2) is 80.7 Å². The fraction of sp³-hybridized carbons (Fsp3) is 0.684. The molecule has 8 heteroatoms. The molecule has 150 valence electrons. The molecule has 7 nitrogen and oxygen atoms in total. The molecule has 0 bridgehead atoms. The van der Waals surface area contributed by atoms with E-state index in [0.717, 1.165) is 71.4 Å². The van der Waals surface area contributed by atoms with Crippen molar-refractivity contribution in [2.45, 2.75) is 26.3 Å². The molecule has 27 heavy (non-hydrogen) atoms. The first-order valence-corrected chi connectivity index (χ1v) is 10.8. The van der Waals surface area contributed by atoms with Gasteiger partial charge in [0.15, 0.2) is 5.96 Å². The van der Waals surface area contributed by atoms with E-state index >= 15 is 0 Å². The average Bonchev–Trinajstić information content (AvgIpc) is 3.16. The molecule has 0 spiro atoms. The van der Waals surface area contributed by atoms with Gasteiger partial charge in [0.2, 0.25) is 5.91 Å². The van der Waals surface area contributed by atoms with Gasteiger partial charge in [-0.05, 0) is 30.4 Å². The van der Waals surface area contributed by atoms with E-state index in [1.807, 2.05) is 4.90 Å². The van der Waals surface area contributed by atoms with Crippen LogP contribution in [0.25, 0.3) is 0 Å². The Hall–Kier alpha value is -1.64. The van der Waals surface area contributed by atoms with E-state index in [2.05, 4.69) is 38.9 Å². The van der Waals surface area contributed by atoms with Crippen LogP contribution in [0.5, 0.6) is 0 Å². The van der Waals surface area contributed by atoms with Gasteiger partial charge in [-0.2, -0.15) is 0 Å². The third-order valence-electron chi connectivity index (χ3n) is 4.93. The lowest BCUT2D eigenvalue weighted by atomic mass is 10.1. The van der Waals surface area contributed by atoms with Gasteiger partial charge in [-0.25, -0.2) is 0 Å². The van der Waals surface area contributed by atoms with Crippen molar-refractivity contribution in [1.82, 2.24) is 20.4 Å². The Morgan fingerprint density at radius 2 is 2.15 bits per heavy atom. The number of morpholine rings is 1. The lowest BCUT2D eigenvalue weighted by Crippen LogP contribution is -2.42. The molecule has 1 aromatic heterocycles. The van der Waals surface area contributed by atoms with Crippen LogP contribution in [0.3, 0.4) is 0 Å². The van der Waals surface area contributed by atoms with Gasteiger partial charge in [0.05, 0.1) is 19.8 Å². The molecule has 0 saturated carbocycles. The quantitative estimate of drug-likeness (QED) is 0.532. The maximum Gasteiger partial charge on any atom is 0.224 e. The lowest BCUT2D eigenvalue weighted by molar-refractivity contribution is -0.131. The van der Waals surface area contributed by atoms with Crippen molar-refractivity contribution in [3.05, 3.63) is 21.9 Å². The highest BCUT2D eigenvalue weighted by molar-refractivity contribution is 7.10. The Morgan fingerprint density at radius 3 is 2.96 bits per heavy atom. The summed E-state index contributed by atoms with van der Waals surface area (Å²) < 4.78 is 5.37. The number of amides is 1. The van der Waals surface area contributed by atoms with Crippen LogP contribution in [0.4, 0.5) is 0 Å². The molecule has 3 heterocycles. The Balaban J connectivity index is 1.38. The van der Waals surface area contributed by atoms with Gasteiger partial charge in [-0.3, -0.25) is 14.7 Å². The minimum atomic E-state index is 0.212. The largest absolute Gasteiger partial charge is 0.379 e. The number of aliphatic imine (C=N–C) groups is 1. The lowest BCUT2D eigenvalue weighted by Gasteiger charge is -2.27. The number of hydrogen-bond donors (Lipinski definition) is 2. The molecule has 0 radical (unpaired) electrons. The Kier molecular flexibility index (Phi) is 7.92. The Morgan fingerprint density at radius 1 is 1.30 bits per heavy atom. The number of guanidine groups is 1. The highest BCUT2D eigenvalue weighted by Gasteiger charge is 2.21. The van der Waals surface area contributed by atoms with Gasteiger partial charge >= 0.3 is 0 Å². The van der Waals surface area contributed by atoms with Gasteiger partial charge in [0, 0.05) is 57.1 Å². The number of thiophene rings is 1. The average molecular weight is 394 g/mol. The minimum absolute atomic E-state index is 0.212. The van der Waals surface area contributed by atoms with Crippen molar-refractivity contribution in [3.63, 3.8) is 0 Å². The summed E-state index contributed by atoms with van der Waals surface area (Å²) in [5.74, 6) is 1.00. The van der Waals surface area contributed by atoms with E-state index in [-0.39, 0.29) is 5.91 Å². The zero-order valence-corrected chi connectivity index (χ0v) is 17.0. The monoisotopic (exact) mass is 393 g/mol. The topological polar surface area (TPSA) is 69.2 Å². The van der Waals surface area contributed by atoms with E-state index in [1.54, 1.807) is 11.3 Å². The van der Waals surface area contributed by atoms with Crippen LogP contribution in [0, 0.1) is 0 Å². The number of nitrogens with zero attached hydrogens (tertiary/aromatic N) is 3. The normalized spacial score (nSPS) is 18.3. The zero-order valence-electron chi connectivity index (χ0n) is 16.2. The number of rotatable bonds is 7. The number of hydrogen-bond acceptors (Lipinski definition) is 5. The standard InChI is InChI=1S/C19H31N5O2S/c1-2-20-19(22-7-9-23-10-12-26-13-11-23)21-6-3-18(25)24-8-4-17-16(15-24)5-14-27-17/h5,14H,2-4,6-13,15H2,1H3,(H2,20,21,22). The molecule has 0 aromatic carbocycles. The van der Waals surface area contributed by atoms with Gasteiger partial charge in [-0.15, -0.1) is 11.3 Å². The number of nitrogens with one attached hydrogen (secondary N) is 2. The summed E-state index contributed by atoms with van der Waals surface area (Å²) in [7, 11) is 0. The third kappa shape index (κ3) is 6.19. The fourth-order valence-corrected chi connectivity index (χ4v) is 4.27. The molecule has 2 N–H and O–H groups in total. The molecule has 1 aromatic rings. The minimum Gasteiger partial charge on any atom is -0.379 e. The van der Waals surface area contributed by atoms with Crippen LogP contribution >= 0.6 is 11.3 Å². The highest BCUT2D eigenvalue weighted by Crippen LogP contribution is 2.24. The number of fused-ring (bicyclic) bond motifs is 1. The fourth-order valence-electron chi connectivity index (χ4n) is 3.38. The van der Waals surface area contributed by atoms with Crippen molar-refractivity contribution in [1.29, 1.82) is 0 Å². The highest BCUT2D eigenvalue weighted by atomic mass is 32.1. The predicted molar refractivity (Wildman–Crippen MR) is 109 cm³/mol. The van der Waals surface area contributed by atoms with Gasteiger partial charge in [0.1, 0.15) is 0 Å². The van der Waals surface area contributed by atoms with E-state index in [0.29, 0.717) is 13.0 Å². The summed E-state index contributed by atoms with van der Waals surface area (Å²) in [5.41, 5.74) is 1.31.